The molecule has 1 amide bonds. The van der Waals surface area contributed by atoms with Crippen molar-refractivity contribution in [2.45, 2.75) is 23.8 Å². The average Bonchev–Trinajstić information content (AvgIpc) is 2.99. The number of rotatable bonds is 4. The minimum absolute atomic E-state index is 0.152. The number of nitrogens with zero attached hydrogens (tertiary/aromatic N) is 2. The molecule has 8 heteroatoms. The van der Waals surface area contributed by atoms with Crippen LogP contribution in [0.15, 0.2) is 45.9 Å². The number of carbonyl (C=O) groups is 2. The number of fused-ring (bicyclic) bond motifs is 1. The molecule has 0 saturated heterocycles. The van der Waals surface area contributed by atoms with E-state index in [1.165, 1.54) is 18.1 Å². The highest BCUT2D eigenvalue weighted by molar-refractivity contribution is 7.99. The summed E-state index contributed by atoms with van der Waals surface area (Å²) in [6.07, 6.45) is 1.53. The van der Waals surface area contributed by atoms with Crippen LogP contribution in [0.25, 0.3) is 10.2 Å². The van der Waals surface area contributed by atoms with E-state index >= 15 is 0 Å². The second kappa shape index (κ2) is 7.62. The largest absolute Gasteiger partial charge is 0.459 e. The van der Waals surface area contributed by atoms with Crippen LogP contribution in [0.1, 0.15) is 12.5 Å². The molecule has 0 saturated carbocycles. The van der Waals surface area contributed by atoms with Crippen LogP contribution in [0.3, 0.4) is 0 Å². The van der Waals surface area contributed by atoms with Gasteiger partial charge in [-0.1, -0.05) is 23.9 Å². The van der Waals surface area contributed by atoms with E-state index in [-0.39, 0.29) is 6.61 Å². The maximum atomic E-state index is 11.9. The van der Waals surface area contributed by atoms with Crippen LogP contribution >= 0.6 is 23.1 Å². The van der Waals surface area contributed by atoms with Gasteiger partial charge in [0, 0.05) is 4.90 Å². The third-order valence-corrected chi connectivity index (χ3v) is 5.60. The Morgan fingerprint density at radius 1 is 1.28 bits per heavy atom. The van der Waals surface area contributed by atoms with Crippen molar-refractivity contribution in [3.8, 4) is 0 Å². The number of nitrogens with one attached hydrogen (secondary N) is 1. The zero-order valence-electron chi connectivity index (χ0n) is 13.6. The molecule has 1 N–H and O–H groups in total. The van der Waals surface area contributed by atoms with E-state index in [0.29, 0.717) is 5.69 Å². The maximum absolute atomic E-state index is 11.9. The number of anilines is 1. The molecule has 2 heterocycles. The molecule has 0 spiro atoms. The zero-order chi connectivity index (χ0) is 17.8. The number of aryl methyl sites for hydroxylation is 1. The summed E-state index contributed by atoms with van der Waals surface area (Å²) in [4.78, 5) is 32.9. The Kier molecular flexibility index (Phi) is 5.30. The predicted octanol–water partition coefficient (Wildman–Crippen LogP) is 3.65. The van der Waals surface area contributed by atoms with Crippen molar-refractivity contribution in [2.24, 2.45) is 0 Å². The van der Waals surface area contributed by atoms with Crippen LogP contribution < -0.4 is 5.32 Å². The van der Waals surface area contributed by atoms with E-state index in [4.69, 9.17) is 4.74 Å². The van der Waals surface area contributed by atoms with E-state index in [2.05, 4.69) is 15.3 Å². The highest BCUT2D eigenvalue weighted by Gasteiger charge is 2.17. The van der Waals surface area contributed by atoms with Gasteiger partial charge in [0.05, 0.1) is 22.5 Å². The molecule has 25 heavy (non-hydrogen) atoms. The van der Waals surface area contributed by atoms with Crippen molar-refractivity contribution in [3.05, 3.63) is 41.5 Å². The number of ether oxygens (including phenoxy) is 1. The predicted molar refractivity (Wildman–Crippen MR) is 98.0 cm³/mol. The van der Waals surface area contributed by atoms with Gasteiger partial charge in [0.1, 0.15) is 11.4 Å². The molecule has 0 fully saturated rings. The van der Waals surface area contributed by atoms with Crippen molar-refractivity contribution in [1.29, 1.82) is 0 Å². The Morgan fingerprint density at radius 3 is 2.88 bits per heavy atom. The zero-order valence-corrected chi connectivity index (χ0v) is 15.2. The van der Waals surface area contributed by atoms with E-state index in [1.807, 2.05) is 24.4 Å². The highest BCUT2D eigenvalue weighted by Crippen LogP contribution is 2.38. The number of hydrogen-bond donors (Lipinski definition) is 1. The molecule has 0 radical (unpaired) electrons. The first-order chi connectivity index (χ1) is 12.1. The molecule has 0 bridgehead atoms. The lowest BCUT2D eigenvalue weighted by molar-refractivity contribution is -0.152. The van der Waals surface area contributed by atoms with Crippen molar-refractivity contribution in [1.82, 2.24) is 9.97 Å². The summed E-state index contributed by atoms with van der Waals surface area (Å²) < 4.78 is 5.71. The van der Waals surface area contributed by atoms with Gasteiger partial charge < -0.3 is 10.1 Å². The summed E-state index contributed by atoms with van der Waals surface area (Å²) >= 11 is 3.00. The Bertz CT molecular complexity index is 940. The average molecular weight is 373 g/mol. The van der Waals surface area contributed by atoms with Gasteiger partial charge in [-0.2, -0.15) is 0 Å². The number of amides is 1. The van der Waals surface area contributed by atoms with E-state index in [9.17, 15) is 9.59 Å². The number of esters is 1. The standard InChI is InChI=1S/C17H15N3O3S2/c1-3-23-17(22)15(21)20-11-6-4-5-7-12(11)25-16-14-13(18-9-19-16)10(2)8-24-14/h4-9H,3H2,1-2H3,(H,20,21). The van der Waals surface area contributed by atoms with Crippen LogP contribution in [0.5, 0.6) is 0 Å². The second-order valence-electron chi connectivity index (χ2n) is 5.05. The Hall–Kier alpha value is -2.45. The summed E-state index contributed by atoms with van der Waals surface area (Å²) in [5, 5.41) is 5.44. The molecule has 2 aromatic heterocycles. The maximum Gasteiger partial charge on any atom is 0.397 e. The lowest BCUT2D eigenvalue weighted by Crippen LogP contribution is -2.25. The SMILES string of the molecule is CCOC(=O)C(=O)Nc1ccccc1Sc1ncnc2c(C)csc12. The third-order valence-electron chi connectivity index (χ3n) is 3.30. The normalized spacial score (nSPS) is 10.6. The van der Waals surface area contributed by atoms with Crippen LogP contribution in [0.2, 0.25) is 0 Å². The minimum atomic E-state index is -0.902. The lowest BCUT2D eigenvalue weighted by Gasteiger charge is -2.10. The number of hydrogen-bond acceptors (Lipinski definition) is 7. The molecule has 0 unspecified atom stereocenters. The Morgan fingerprint density at radius 2 is 2.08 bits per heavy atom. The summed E-state index contributed by atoms with van der Waals surface area (Å²) in [5.74, 6) is -1.70. The third kappa shape index (κ3) is 3.80. The fourth-order valence-corrected chi connectivity index (χ4v) is 4.18. The van der Waals surface area contributed by atoms with Crippen LogP contribution in [-0.4, -0.2) is 28.5 Å². The van der Waals surface area contributed by atoms with Crippen LogP contribution in [-0.2, 0) is 14.3 Å². The number of para-hydroxylation sites is 1. The number of thiophene rings is 1. The smallest absolute Gasteiger partial charge is 0.397 e. The fraction of sp³-hybridized carbons (Fsp3) is 0.176. The van der Waals surface area contributed by atoms with Gasteiger partial charge >= 0.3 is 11.9 Å². The van der Waals surface area contributed by atoms with Crippen LogP contribution in [0, 0.1) is 6.92 Å². The summed E-state index contributed by atoms with van der Waals surface area (Å²) in [6.45, 7) is 3.81. The van der Waals surface area contributed by atoms with Gasteiger partial charge in [-0.25, -0.2) is 14.8 Å². The molecule has 3 rings (SSSR count). The molecule has 0 aliphatic rings. The van der Waals surface area contributed by atoms with Gasteiger partial charge in [0.2, 0.25) is 0 Å². The molecule has 0 aliphatic carbocycles. The van der Waals surface area contributed by atoms with Crippen LogP contribution in [0.4, 0.5) is 5.69 Å². The first-order valence-corrected chi connectivity index (χ1v) is 9.23. The Labute approximate surface area is 152 Å². The summed E-state index contributed by atoms with van der Waals surface area (Å²) in [6, 6.07) is 7.24. The van der Waals surface area contributed by atoms with Gasteiger partial charge in [-0.15, -0.1) is 11.3 Å². The quantitative estimate of drug-likeness (QED) is 0.427. The van der Waals surface area contributed by atoms with E-state index in [0.717, 1.165) is 25.7 Å². The van der Waals surface area contributed by atoms with Gasteiger partial charge in [0.15, 0.2) is 0 Å². The molecule has 3 aromatic rings. The summed E-state index contributed by atoms with van der Waals surface area (Å²) in [7, 11) is 0. The molecular weight excluding hydrogens is 358 g/mol. The molecular formula is C17H15N3O3S2. The summed E-state index contributed by atoms with van der Waals surface area (Å²) in [5.41, 5.74) is 2.56. The van der Waals surface area contributed by atoms with E-state index < -0.39 is 11.9 Å². The Balaban J connectivity index is 1.88. The number of carbonyl (C=O) groups excluding carboxylic acids is 2. The van der Waals surface area contributed by atoms with Crippen molar-refractivity contribution in [3.63, 3.8) is 0 Å². The monoisotopic (exact) mass is 373 g/mol. The topological polar surface area (TPSA) is 81.2 Å². The van der Waals surface area contributed by atoms with Crippen molar-refractivity contribution >= 4 is 50.9 Å². The fourth-order valence-electron chi connectivity index (χ4n) is 2.15. The van der Waals surface area contributed by atoms with Crippen molar-refractivity contribution in [2.75, 3.05) is 11.9 Å². The number of benzene rings is 1. The molecule has 128 valence electrons. The molecule has 1 aromatic carbocycles. The first kappa shape index (κ1) is 17.4. The first-order valence-electron chi connectivity index (χ1n) is 7.54. The van der Waals surface area contributed by atoms with Gasteiger partial charge in [-0.3, -0.25) is 4.79 Å². The van der Waals surface area contributed by atoms with Gasteiger partial charge in [-0.05, 0) is 36.9 Å². The number of aromatic nitrogens is 2. The second-order valence-corrected chi connectivity index (χ2v) is 6.96. The molecule has 0 atom stereocenters. The minimum Gasteiger partial charge on any atom is -0.459 e. The molecule has 6 nitrogen and oxygen atoms in total. The van der Waals surface area contributed by atoms with Gasteiger partial charge in [0.25, 0.3) is 0 Å². The highest BCUT2D eigenvalue weighted by atomic mass is 32.2. The molecule has 0 aliphatic heterocycles. The van der Waals surface area contributed by atoms with E-state index in [1.54, 1.807) is 30.4 Å². The lowest BCUT2D eigenvalue weighted by atomic mass is 10.3. The van der Waals surface area contributed by atoms with Crippen molar-refractivity contribution < 1.29 is 14.3 Å².